The van der Waals surface area contributed by atoms with Crippen LogP contribution >= 0.6 is 0 Å². The number of aliphatic hydroxyl groups is 1. The molecule has 2 rings (SSSR count). The highest BCUT2D eigenvalue weighted by Crippen LogP contribution is 2.23. The second-order valence-electron chi connectivity index (χ2n) is 4.38. The van der Waals surface area contributed by atoms with E-state index in [1.165, 1.54) is 0 Å². The molecule has 0 bridgehead atoms. The molecular weight excluding hydrogens is 202 g/mol. The van der Waals surface area contributed by atoms with Gasteiger partial charge in [0.25, 0.3) is 0 Å². The highest BCUT2D eigenvalue weighted by molar-refractivity contribution is 5.46. The molecule has 0 aliphatic heterocycles. The Morgan fingerprint density at radius 1 is 1.44 bits per heavy atom. The van der Waals surface area contributed by atoms with Crippen LogP contribution in [0.4, 0.5) is 5.69 Å². The zero-order valence-corrected chi connectivity index (χ0v) is 9.65. The number of ether oxygens (including phenoxy) is 1. The molecule has 1 aliphatic carbocycles. The first-order valence-electron chi connectivity index (χ1n) is 5.82. The summed E-state index contributed by atoms with van der Waals surface area (Å²) in [6.45, 7) is 0.628. The molecular formula is C13H19NO2. The molecule has 3 heteroatoms. The fraction of sp³-hybridized carbons (Fsp3) is 0.538. The third-order valence-corrected chi connectivity index (χ3v) is 3.07. The van der Waals surface area contributed by atoms with Crippen molar-refractivity contribution in [2.45, 2.75) is 38.0 Å². The van der Waals surface area contributed by atoms with E-state index in [2.05, 4.69) is 11.4 Å². The summed E-state index contributed by atoms with van der Waals surface area (Å²) >= 11 is 0. The van der Waals surface area contributed by atoms with Crippen LogP contribution in [-0.2, 0) is 11.3 Å². The third-order valence-electron chi connectivity index (χ3n) is 3.07. The van der Waals surface area contributed by atoms with Crippen molar-refractivity contribution in [1.29, 1.82) is 0 Å². The Morgan fingerprint density at radius 3 is 3.00 bits per heavy atom. The molecule has 0 heterocycles. The van der Waals surface area contributed by atoms with E-state index in [0.29, 0.717) is 6.61 Å². The molecule has 1 aromatic carbocycles. The van der Waals surface area contributed by atoms with Gasteiger partial charge in [0.05, 0.1) is 18.8 Å². The number of anilines is 1. The Hall–Kier alpha value is -1.06. The molecule has 0 aromatic heterocycles. The first-order valence-corrected chi connectivity index (χ1v) is 5.82. The smallest absolute Gasteiger partial charge is 0.0741 e. The molecule has 0 saturated heterocycles. The van der Waals surface area contributed by atoms with Crippen LogP contribution in [0, 0.1) is 0 Å². The van der Waals surface area contributed by atoms with Gasteiger partial charge in [0.1, 0.15) is 0 Å². The Bertz CT molecular complexity index is 340. The van der Waals surface area contributed by atoms with Crippen molar-refractivity contribution < 1.29 is 9.84 Å². The molecule has 0 amide bonds. The first kappa shape index (κ1) is 11.4. The van der Waals surface area contributed by atoms with Gasteiger partial charge in [0.15, 0.2) is 0 Å². The van der Waals surface area contributed by atoms with E-state index in [1.54, 1.807) is 7.11 Å². The van der Waals surface area contributed by atoms with Crippen molar-refractivity contribution in [1.82, 2.24) is 0 Å². The van der Waals surface area contributed by atoms with Gasteiger partial charge < -0.3 is 15.2 Å². The lowest BCUT2D eigenvalue weighted by Gasteiger charge is -2.18. The van der Waals surface area contributed by atoms with Crippen molar-refractivity contribution in [2.75, 3.05) is 12.4 Å². The van der Waals surface area contributed by atoms with E-state index < -0.39 is 0 Å². The SMILES string of the molecule is COCc1cccc(N[C@H]2CCC[C@@H]2O)c1. The van der Waals surface area contributed by atoms with Crippen LogP contribution in [-0.4, -0.2) is 24.4 Å². The highest BCUT2D eigenvalue weighted by atomic mass is 16.5. The van der Waals surface area contributed by atoms with E-state index in [4.69, 9.17) is 4.74 Å². The summed E-state index contributed by atoms with van der Waals surface area (Å²) in [4.78, 5) is 0. The second-order valence-corrected chi connectivity index (χ2v) is 4.38. The molecule has 1 fully saturated rings. The summed E-state index contributed by atoms with van der Waals surface area (Å²) in [5.74, 6) is 0. The number of hydrogen-bond donors (Lipinski definition) is 2. The minimum Gasteiger partial charge on any atom is -0.391 e. The topological polar surface area (TPSA) is 41.5 Å². The molecule has 3 nitrogen and oxygen atoms in total. The number of nitrogens with one attached hydrogen (secondary N) is 1. The van der Waals surface area contributed by atoms with Gasteiger partial charge in [-0.05, 0) is 37.0 Å². The molecule has 2 atom stereocenters. The van der Waals surface area contributed by atoms with Crippen LogP contribution in [0.2, 0.25) is 0 Å². The molecule has 1 aliphatic rings. The Kier molecular flexibility index (Phi) is 3.80. The third kappa shape index (κ3) is 2.74. The monoisotopic (exact) mass is 221 g/mol. The first-order chi connectivity index (χ1) is 7.79. The average Bonchev–Trinajstić information content (AvgIpc) is 2.66. The summed E-state index contributed by atoms with van der Waals surface area (Å²) in [5.41, 5.74) is 2.22. The molecule has 1 saturated carbocycles. The average molecular weight is 221 g/mol. The van der Waals surface area contributed by atoms with Gasteiger partial charge in [0, 0.05) is 12.8 Å². The number of benzene rings is 1. The van der Waals surface area contributed by atoms with E-state index >= 15 is 0 Å². The minimum absolute atomic E-state index is 0.203. The normalized spacial score (nSPS) is 24.6. The van der Waals surface area contributed by atoms with Gasteiger partial charge in [-0.1, -0.05) is 12.1 Å². The number of hydrogen-bond acceptors (Lipinski definition) is 3. The molecule has 16 heavy (non-hydrogen) atoms. The van der Waals surface area contributed by atoms with Gasteiger partial charge in [-0.15, -0.1) is 0 Å². The predicted molar refractivity (Wildman–Crippen MR) is 64.4 cm³/mol. The molecule has 1 aromatic rings. The lowest BCUT2D eigenvalue weighted by Crippen LogP contribution is -2.27. The van der Waals surface area contributed by atoms with E-state index in [0.717, 1.165) is 30.5 Å². The lowest BCUT2D eigenvalue weighted by atomic mass is 10.1. The van der Waals surface area contributed by atoms with E-state index in [-0.39, 0.29) is 12.1 Å². The van der Waals surface area contributed by atoms with Crippen molar-refractivity contribution >= 4 is 5.69 Å². The van der Waals surface area contributed by atoms with Crippen LogP contribution in [0.25, 0.3) is 0 Å². The van der Waals surface area contributed by atoms with Gasteiger partial charge in [0.2, 0.25) is 0 Å². The summed E-state index contributed by atoms with van der Waals surface area (Å²) in [5, 5.41) is 13.1. The Balaban J connectivity index is 2.00. The van der Waals surface area contributed by atoms with Crippen LogP contribution in [0.5, 0.6) is 0 Å². The molecule has 0 radical (unpaired) electrons. The van der Waals surface area contributed by atoms with Crippen LogP contribution in [0.1, 0.15) is 24.8 Å². The van der Waals surface area contributed by atoms with E-state index in [1.807, 2.05) is 18.2 Å². The van der Waals surface area contributed by atoms with E-state index in [9.17, 15) is 5.11 Å². The second kappa shape index (κ2) is 5.32. The van der Waals surface area contributed by atoms with Crippen LogP contribution in [0.15, 0.2) is 24.3 Å². The maximum atomic E-state index is 9.74. The van der Waals surface area contributed by atoms with Crippen molar-refractivity contribution in [3.63, 3.8) is 0 Å². The van der Waals surface area contributed by atoms with Gasteiger partial charge in [-0.25, -0.2) is 0 Å². The van der Waals surface area contributed by atoms with Gasteiger partial charge in [-0.2, -0.15) is 0 Å². The van der Waals surface area contributed by atoms with Crippen molar-refractivity contribution in [2.24, 2.45) is 0 Å². The van der Waals surface area contributed by atoms with Crippen molar-refractivity contribution in [3.05, 3.63) is 29.8 Å². The number of methoxy groups -OCH3 is 1. The van der Waals surface area contributed by atoms with Crippen LogP contribution in [0.3, 0.4) is 0 Å². The number of aliphatic hydroxyl groups excluding tert-OH is 1. The summed E-state index contributed by atoms with van der Waals surface area (Å²) < 4.78 is 5.10. The molecule has 2 N–H and O–H groups in total. The summed E-state index contributed by atoms with van der Waals surface area (Å²) in [6, 6.07) is 8.37. The Morgan fingerprint density at radius 2 is 2.31 bits per heavy atom. The fourth-order valence-corrected chi connectivity index (χ4v) is 2.24. The molecule has 0 spiro atoms. The van der Waals surface area contributed by atoms with Crippen LogP contribution < -0.4 is 5.32 Å². The zero-order valence-electron chi connectivity index (χ0n) is 9.65. The predicted octanol–water partition coefficient (Wildman–Crippen LogP) is 2.16. The van der Waals surface area contributed by atoms with Crippen molar-refractivity contribution in [3.8, 4) is 0 Å². The minimum atomic E-state index is -0.203. The zero-order chi connectivity index (χ0) is 11.4. The quantitative estimate of drug-likeness (QED) is 0.818. The maximum absolute atomic E-state index is 9.74. The largest absolute Gasteiger partial charge is 0.391 e. The van der Waals surface area contributed by atoms with Gasteiger partial charge >= 0.3 is 0 Å². The summed E-state index contributed by atoms with van der Waals surface area (Å²) in [7, 11) is 1.70. The summed E-state index contributed by atoms with van der Waals surface area (Å²) in [6.07, 6.45) is 2.87. The highest BCUT2D eigenvalue weighted by Gasteiger charge is 2.24. The maximum Gasteiger partial charge on any atom is 0.0741 e. The lowest BCUT2D eigenvalue weighted by molar-refractivity contribution is 0.172. The fourth-order valence-electron chi connectivity index (χ4n) is 2.24. The standard InChI is InChI=1S/C13H19NO2/c1-16-9-10-4-2-5-11(8-10)14-12-6-3-7-13(12)15/h2,4-5,8,12-15H,3,6-7,9H2,1H3/t12-,13-/m0/s1. The molecule has 0 unspecified atom stereocenters. The number of rotatable bonds is 4. The van der Waals surface area contributed by atoms with Gasteiger partial charge in [-0.3, -0.25) is 0 Å². The molecule has 88 valence electrons. The Labute approximate surface area is 96.4 Å².